The maximum atomic E-state index is 13.1. The third kappa shape index (κ3) is 9.37. The van der Waals surface area contributed by atoms with Gasteiger partial charge in [-0.1, -0.05) is 29.8 Å². The molecular formula is C28H30ClF3N4O4S. The molecular weight excluding hydrogens is 581 g/mol. The van der Waals surface area contributed by atoms with E-state index in [1.54, 1.807) is 44.4 Å². The van der Waals surface area contributed by atoms with Gasteiger partial charge < -0.3 is 15.5 Å². The maximum Gasteiger partial charge on any atom is 0.417 e. The second-order valence-electron chi connectivity index (χ2n) is 9.61. The van der Waals surface area contributed by atoms with Crippen LogP contribution in [0.4, 0.5) is 18.2 Å². The minimum atomic E-state index is -4.64. The molecule has 0 radical (unpaired) electrons. The molecule has 8 nitrogen and oxygen atoms in total. The summed E-state index contributed by atoms with van der Waals surface area (Å²) < 4.78 is 39.3. The number of thiophene rings is 1. The molecule has 41 heavy (non-hydrogen) atoms. The first-order valence-corrected chi connectivity index (χ1v) is 13.8. The van der Waals surface area contributed by atoms with Crippen molar-refractivity contribution in [1.29, 1.82) is 0 Å². The summed E-state index contributed by atoms with van der Waals surface area (Å²) in [4.78, 5) is 27.8. The van der Waals surface area contributed by atoms with Gasteiger partial charge in [-0.05, 0) is 67.1 Å². The number of carbonyl (C=O) groups is 2. The number of hydrogen-bond donors (Lipinski definition) is 4. The summed E-state index contributed by atoms with van der Waals surface area (Å²) in [5, 5.41) is 27.6. The van der Waals surface area contributed by atoms with E-state index in [1.807, 2.05) is 11.0 Å². The molecule has 13 heteroatoms. The Morgan fingerprint density at radius 1 is 1.10 bits per heavy atom. The molecule has 0 bridgehead atoms. The summed E-state index contributed by atoms with van der Waals surface area (Å²) in [7, 11) is 0. The van der Waals surface area contributed by atoms with Crippen molar-refractivity contribution in [3.05, 3.63) is 86.2 Å². The van der Waals surface area contributed by atoms with E-state index in [2.05, 4.69) is 15.8 Å². The van der Waals surface area contributed by atoms with Crippen LogP contribution in [0, 0.1) is 6.92 Å². The third-order valence-electron chi connectivity index (χ3n) is 5.74. The van der Waals surface area contributed by atoms with Crippen LogP contribution in [0.2, 0.25) is 5.02 Å². The van der Waals surface area contributed by atoms with Gasteiger partial charge in [0.1, 0.15) is 5.00 Å². The first-order chi connectivity index (χ1) is 19.2. The van der Waals surface area contributed by atoms with E-state index in [4.69, 9.17) is 11.6 Å². The molecule has 4 N–H and O–H groups in total. The number of amides is 2. The largest absolute Gasteiger partial charge is 0.417 e. The van der Waals surface area contributed by atoms with E-state index in [0.717, 1.165) is 35.2 Å². The van der Waals surface area contributed by atoms with Crippen molar-refractivity contribution < 1.29 is 33.0 Å². The first kappa shape index (κ1) is 32.2. The zero-order chi connectivity index (χ0) is 30.3. The van der Waals surface area contributed by atoms with Crippen molar-refractivity contribution >= 4 is 46.0 Å². The molecule has 3 aromatic rings. The van der Waals surface area contributed by atoms with Gasteiger partial charge in [-0.3, -0.25) is 14.5 Å². The van der Waals surface area contributed by atoms with E-state index >= 15 is 0 Å². The Morgan fingerprint density at radius 2 is 1.78 bits per heavy atom. The van der Waals surface area contributed by atoms with Crippen LogP contribution in [0.25, 0.3) is 0 Å². The van der Waals surface area contributed by atoms with Gasteiger partial charge >= 0.3 is 6.18 Å². The lowest BCUT2D eigenvalue weighted by molar-refractivity contribution is -0.137. The molecule has 0 saturated heterocycles. The second kappa shape index (κ2) is 14.1. The van der Waals surface area contributed by atoms with Gasteiger partial charge in [-0.25, -0.2) is 5.43 Å². The van der Waals surface area contributed by atoms with Gasteiger partial charge in [0.2, 0.25) is 0 Å². The Morgan fingerprint density at radius 3 is 2.41 bits per heavy atom. The number of hydrazone groups is 1. The number of benzene rings is 2. The number of halogens is 4. The standard InChI is InChI=1S/C28H30ClF3N4O4S/c1-16-15-41-27(24(16)26(40)35-33-11-19-7-8-23(29)22(10-19)28(30,31)32)34-25(39)21-6-4-5-20(9-21)14-36(12-17(2)37)13-18(3)38/h4-11,15,17-18,37-38H,12-14H2,1-3H3,(H,34,39)(H,35,40)/b33-11+. The number of aliphatic hydroxyl groups excluding tert-OH is 2. The van der Waals surface area contributed by atoms with Crippen LogP contribution in [0.3, 0.4) is 0 Å². The molecule has 1 aromatic heterocycles. The molecule has 220 valence electrons. The molecule has 2 unspecified atom stereocenters. The van der Waals surface area contributed by atoms with Crippen LogP contribution in [0.1, 0.15) is 56.8 Å². The van der Waals surface area contributed by atoms with Crippen molar-refractivity contribution in [2.24, 2.45) is 5.10 Å². The molecule has 0 spiro atoms. The molecule has 3 rings (SSSR count). The Labute approximate surface area is 244 Å². The van der Waals surface area contributed by atoms with Crippen LogP contribution in [0.5, 0.6) is 0 Å². The molecule has 0 fully saturated rings. The van der Waals surface area contributed by atoms with Gasteiger partial charge in [0.25, 0.3) is 11.8 Å². The number of nitrogens with one attached hydrogen (secondary N) is 2. The van der Waals surface area contributed by atoms with E-state index in [9.17, 15) is 33.0 Å². The van der Waals surface area contributed by atoms with Crippen LogP contribution < -0.4 is 10.7 Å². The summed E-state index contributed by atoms with van der Waals surface area (Å²) in [5.74, 6) is -1.11. The topological polar surface area (TPSA) is 114 Å². The van der Waals surface area contributed by atoms with Crippen LogP contribution in [0.15, 0.2) is 52.9 Å². The fourth-order valence-electron chi connectivity index (χ4n) is 4.08. The quantitative estimate of drug-likeness (QED) is 0.174. The van der Waals surface area contributed by atoms with Gasteiger partial charge in [0.05, 0.1) is 34.6 Å². The molecule has 0 aliphatic heterocycles. The van der Waals surface area contributed by atoms with E-state index in [-0.39, 0.29) is 16.1 Å². The summed E-state index contributed by atoms with van der Waals surface area (Å²) in [6, 6.07) is 10.1. The van der Waals surface area contributed by atoms with Crippen molar-refractivity contribution in [1.82, 2.24) is 10.3 Å². The Hall–Kier alpha value is -3.29. The van der Waals surface area contributed by atoms with Crippen LogP contribution in [-0.4, -0.2) is 58.4 Å². The molecule has 1 heterocycles. The number of nitrogens with zero attached hydrogens (tertiary/aromatic N) is 2. The van der Waals surface area contributed by atoms with Crippen molar-refractivity contribution in [2.45, 2.75) is 45.7 Å². The van der Waals surface area contributed by atoms with Crippen LogP contribution >= 0.6 is 22.9 Å². The number of alkyl halides is 3. The fourth-order valence-corrected chi connectivity index (χ4v) is 5.24. The summed E-state index contributed by atoms with van der Waals surface area (Å²) in [6.45, 7) is 6.08. The molecule has 2 aromatic carbocycles. The number of anilines is 1. The predicted molar refractivity (Wildman–Crippen MR) is 154 cm³/mol. The Balaban J connectivity index is 1.71. The number of aryl methyl sites for hydroxylation is 1. The van der Waals surface area contributed by atoms with E-state index in [1.165, 1.54) is 6.07 Å². The number of rotatable bonds is 11. The third-order valence-corrected chi connectivity index (χ3v) is 7.09. The Bertz CT molecular complexity index is 1400. The van der Waals surface area contributed by atoms with Crippen molar-refractivity contribution in [3.8, 4) is 0 Å². The Kier molecular flexibility index (Phi) is 11.0. The molecule has 0 saturated carbocycles. The summed E-state index contributed by atoms with van der Waals surface area (Å²) >= 11 is 6.78. The highest BCUT2D eigenvalue weighted by Crippen LogP contribution is 2.35. The van der Waals surface area contributed by atoms with Gasteiger partial charge in [0.15, 0.2) is 0 Å². The normalized spacial score (nSPS) is 13.4. The average Bonchev–Trinajstić information content (AvgIpc) is 3.23. The lowest BCUT2D eigenvalue weighted by Gasteiger charge is -2.25. The first-order valence-electron chi connectivity index (χ1n) is 12.5. The minimum Gasteiger partial charge on any atom is -0.392 e. The minimum absolute atomic E-state index is 0.0814. The van der Waals surface area contributed by atoms with Crippen molar-refractivity contribution in [2.75, 3.05) is 18.4 Å². The predicted octanol–water partition coefficient (Wildman–Crippen LogP) is 5.31. The number of carbonyl (C=O) groups excluding carboxylic acids is 2. The summed E-state index contributed by atoms with van der Waals surface area (Å²) in [6.07, 6.45) is -4.77. The van der Waals surface area contributed by atoms with E-state index in [0.29, 0.717) is 30.8 Å². The number of aliphatic hydroxyl groups is 2. The van der Waals surface area contributed by atoms with Gasteiger partial charge in [-0.15, -0.1) is 11.3 Å². The van der Waals surface area contributed by atoms with Crippen molar-refractivity contribution in [3.63, 3.8) is 0 Å². The lowest BCUT2D eigenvalue weighted by atomic mass is 10.1. The molecule has 0 aliphatic carbocycles. The SMILES string of the molecule is Cc1csc(NC(=O)c2cccc(CN(CC(C)O)CC(C)O)c2)c1C(=O)N/N=C/c1ccc(Cl)c(C(F)(F)F)c1. The van der Waals surface area contributed by atoms with Gasteiger partial charge in [0, 0.05) is 25.2 Å². The number of hydrogen-bond acceptors (Lipinski definition) is 7. The molecule has 2 atom stereocenters. The maximum absolute atomic E-state index is 13.1. The highest BCUT2D eigenvalue weighted by atomic mass is 35.5. The lowest BCUT2D eigenvalue weighted by Crippen LogP contribution is -2.35. The molecule has 0 aliphatic rings. The highest BCUT2D eigenvalue weighted by molar-refractivity contribution is 7.15. The molecule has 2 amide bonds. The average molecular weight is 611 g/mol. The zero-order valence-electron chi connectivity index (χ0n) is 22.5. The summed E-state index contributed by atoms with van der Waals surface area (Å²) in [5.41, 5.74) is 3.23. The fraction of sp³-hybridized carbons (Fsp3) is 0.321. The monoisotopic (exact) mass is 610 g/mol. The van der Waals surface area contributed by atoms with Crippen LogP contribution in [-0.2, 0) is 12.7 Å². The smallest absolute Gasteiger partial charge is 0.392 e. The zero-order valence-corrected chi connectivity index (χ0v) is 24.1. The highest BCUT2D eigenvalue weighted by Gasteiger charge is 2.33. The van der Waals surface area contributed by atoms with E-state index < -0.39 is 40.8 Å². The second-order valence-corrected chi connectivity index (χ2v) is 10.9. The van der Waals surface area contributed by atoms with Gasteiger partial charge in [-0.2, -0.15) is 18.3 Å².